The first-order chi connectivity index (χ1) is 7.88. The number of ether oxygens (including phenoxy) is 2. The van der Waals surface area contributed by atoms with Crippen LogP contribution in [0.4, 0.5) is 0 Å². The molecule has 0 saturated heterocycles. The topological polar surface area (TPSA) is 52.6 Å². The molecular weight excluding hydrogens is 244 g/mol. The Morgan fingerprint density at radius 3 is 2.18 bits per heavy atom. The second kappa shape index (κ2) is 8.48. The zero-order valence-corrected chi connectivity index (χ0v) is 11.6. The molecule has 0 unspecified atom stereocenters. The molecule has 0 aromatic heterocycles. The molecule has 100 valence electrons. The van der Waals surface area contributed by atoms with Gasteiger partial charge in [-0.25, -0.2) is 4.79 Å². The average molecular weight is 265 g/mol. The van der Waals surface area contributed by atoms with Gasteiger partial charge in [-0.15, -0.1) is 0 Å². The van der Waals surface area contributed by atoms with E-state index in [1.54, 1.807) is 7.11 Å². The van der Waals surface area contributed by atoms with E-state index in [-0.39, 0.29) is 18.6 Å². The maximum Gasteiger partial charge on any atom is 0.391 e. The molecule has 2 atom stereocenters. The Balaban J connectivity index is 4.07. The van der Waals surface area contributed by atoms with Gasteiger partial charge in [0.1, 0.15) is 0 Å². The van der Waals surface area contributed by atoms with Crippen LogP contribution in [-0.4, -0.2) is 31.0 Å². The van der Waals surface area contributed by atoms with Crippen molar-refractivity contribution in [1.29, 1.82) is 0 Å². The predicted molar refractivity (Wildman–Crippen MR) is 65.9 cm³/mol. The third kappa shape index (κ3) is 7.34. The summed E-state index contributed by atoms with van der Waals surface area (Å²) in [6, 6.07) is 0. The predicted octanol–water partition coefficient (Wildman–Crippen LogP) is 2.38. The number of hydrogen-bond donors (Lipinski definition) is 0. The van der Waals surface area contributed by atoms with Crippen LogP contribution in [0.5, 0.6) is 0 Å². The first kappa shape index (κ1) is 16.4. The summed E-state index contributed by atoms with van der Waals surface area (Å²) in [4.78, 5) is 21.4. The Kier molecular flexibility index (Phi) is 8.17. The molecule has 0 aromatic rings. The highest BCUT2D eigenvalue weighted by atomic mass is 35.5. The molecule has 5 heteroatoms. The number of hydrogen-bond acceptors (Lipinski definition) is 4. The molecule has 17 heavy (non-hydrogen) atoms. The van der Waals surface area contributed by atoms with Gasteiger partial charge >= 0.3 is 11.2 Å². The number of carbonyl (C=O) groups is 2. The minimum absolute atomic E-state index is 0.182. The minimum Gasteiger partial charge on any atom is -0.459 e. The van der Waals surface area contributed by atoms with Crippen molar-refractivity contribution in [1.82, 2.24) is 0 Å². The Morgan fingerprint density at radius 1 is 1.18 bits per heavy atom. The van der Waals surface area contributed by atoms with Gasteiger partial charge in [0.05, 0.1) is 12.7 Å². The maximum absolute atomic E-state index is 10.9. The highest BCUT2D eigenvalue weighted by molar-refractivity contribution is 6.80. The molecule has 0 N–H and O–H groups in total. The van der Waals surface area contributed by atoms with Gasteiger partial charge in [0.25, 0.3) is 0 Å². The van der Waals surface area contributed by atoms with Gasteiger partial charge in [-0.1, -0.05) is 13.8 Å². The molecule has 0 aliphatic rings. The van der Waals surface area contributed by atoms with Gasteiger partial charge < -0.3 is 9.47 Å². The summed E-state index contributed by atoms with van der Waals surface area (Å²) in [5.74, 6) is -0.387. The fraction of sp³-hybridized carbons (Fsp3) is 0.833. The van der Waals surface area contributed by atoms with E-state index in [0.717, 1.165) is 12.8 Å². The molecule has 0 bridgehead atoms. The highest BCUT2D eigenvalue weighted by Gasteiger charge is 2.19. The van der Waals surface area contributed by atoms with Crippen LogP contribution >= 0.6 is 11.6 Å². The fourth-order valence-electron chi connectivity index (χ4n) is 1.42. The molecular formula is C12H21ClO4. The van der Waals surface area contributed by atoms with E-state index in [4.69, 9.17) is 21.1 Å². The van der Waals surface area contributed by atoms with Crippen LogP contribution in [0.1, 0.15) is 33.6 Å². The van der Waals surface area contributed by atoms with Crippen LogP contribution in [0, 0.1) is 11.8 Å². The molecule has 0 aliphatic heterocycles. The lowest BCUT2D eigenvalue weighted by atomic mass is 9.91. The Bertz CT molecular complexity index is 253. The lowest BCUT2D eigenvalue weighted by molar-refractivity contribution is -0.151. The van der Waals surface area contributed by atoms with E-state index in [0.29, 0.717) is 5.92 Å². The fourth-order valence-corrected chi connectivity index (χ4v) is 1.47. The summed E-state index contributed by atoms with van der Waals surface area (Å²) in [5.41, 5.74) is 0. The summed E-state index contributed by atoms with van der Waals surface area (Å²) < 4.78 is 9.99. The smallest absolute Gasteiger partial charge is 0.391 e. The van der Waals surface area contributed by atoms with Crippen LogP contribution in [0.2, 0.25) is 0 Å². The monoisotopic (exact) mass is 264 g/mol. The SMILES string of the molecule is CO[C@H](C)CC[C@H](COC(=O)C(=O)Cl)C(C)C. The highest BCUT2D eigenvalue weighted by Crippen LogP contribution is 2.19. The first-order valence-corrected chi connectivity index (χ1v) is 6.15. The van der Waals surface area contributed by atoms with E-state index in [1.807, 2.05) is 6.92 Å². The van der Waals surface area contributed by atoms with E-state index in [2.05, 4.69) is 13.8 Å². The third-order valence-electron chi connectivity index (χ3n) is 2.88. The van der Waals surface area contributed by atoms with E-state index < -0.39 is 11.2 Å². The molecule has 0 fully saturated rings. The Hall–Kier alpha value is -0.610. The summed E-state index contributed by atoms with van der Waals surface area (Å²) in [7, 11) is 1.67. The van der Waals surface area contributed by atoms with Gasteiger partial charge in [0, 0.05) is 7.11 Å². The van der Waals surface area contributed by atoms with E-state index in [1.165, 1.54) is 0 Å². The molecule has 0 rings (SSSR count). The van der Waals surface area contributed by atoms with Gasteiger partial charge in [-0.2, -0.15) is 0 Å². The van der Waals surface area contributed by atoms with Crippen molar-refractivity contribution < 1.29 is 19.1 Å². The summed E-state index contributed by atoms with van der Waals surface area (Å²) in [6.07, 6.45) is 1.96. The molecule has 0 aliphatic carbocycles. The molecule has 0 saturated carbocycles. The molecule has 4 nitrogen and oxygen atoms in total. The van der Waals surface area contributed by atoms with Gasteiger partial charge in [-0.3, -0.25) is 4.79 Å². The molecule has 0 aromatic carbocycles. The number of carbonyl (C=O) groups excluding carboxylic acids is 2. The van der Waals surface area contributed by atoms with Crippen molar-refractivity contribution in [2.24, 2.45) is 11.8 Å². The van der Waals surface area contributed by atoms with Gasteiger partial charge in [0.2, 0.25) is 0 Å². The maximum atomic E-state index is 10.9. The van der Waals surface area contributed by atoms with Crippen molar-refractivity contribution in [2.75, 3.05) is 13.7 Å². The summed E-state index contributed by atoms with van der Waals surface area (Å²) in [6.45, 7) is 6.33. The zero-order chi connectivity index (χ0) is 13.4. The Labute approximate surface area is 108 Å². The van der Waals surface area contributed by atoms with Crippen LogP contribution in [0.3, 0.4) is 0 Å². The lowest BCUT2D eigenvalue weighted by Crippen LogP contribution is -2.22. The number of methoxy groups -OCH3 is 1. The minimum atomic E-state index is -1.07. The van der Waals surface area contributed by atoms with E-state index in [9.17, 15) is 9.59 Å². The van der Waals surface area contributed by atoms with Crippen molar-refractivity contribution in [3.8, 4) is 0 Å². The molecule has 0 heterocycles. The second-order valence-corrected chi connectivity index (χ2v) is 4.84. The second-order valence-electron chi connectivity index (χ2n) is 4.50. The van der Waals surface area contributed by atoms with Crippen molar-refractivity contribution in [3.63, 3.8) is 0 Å². The normalized spacial score (nSPS) is 14.5. The van der Waals surface area contributed by atoms with Crippen LogP contribution < -0.4 is 0 Å². The van der Waals surface area contributed by atoms with Crippen LogP contribution in [0.25, 0.3) is 0 Å². The molecule has 0 radical (unpaired) electrons. The van der Waals surface area contributed by atoms with Crippen LogP contribution in [-0.2, 0) is 19.1 Å². The van der Waals surface area contributed by atoms with Crippen molar-refractivity contribution in [3.05, 3.63) is 0 Å². The first-order valence-electron chi connectivity index (χ1n) is 5.77. The average Bonchev–Trinajstić information content (AvgIpc) is 2.27. The van der Waals surface area contributed by atoms with Crippen molar-refractivity contribution >= 4 is 22.8 Å². The van der Waals surface area contributed by atoms with Gasteiger partial charge in [-0.05, 0) is 43.2 Å². The third-order valence-corrected chi connectivity index (χ3v) is 3.03. The van der Waals surface area contributed by atoms with Gasteiger partial charge in [0.15, 0.2) is 0 Å². The molecule has 0 amide bonds. The lowest BCUT2D eigenvalue weighted by Gasteiger charge is -2.21. The van der Waals surface area contributed by atoms with Crippen LogP contribution in [0.15, 0.2) is 0 Å². The molecule has 0 spiro atoms. The zero-order valence-electron chi connectivity index (χ0n) is 10.9. The number of halogens is 1. The number of rotatable bonds is 8. The van der Waals surface area contributed by atoms with Crippen molar-refractivity contribution in [2.45, 2.75) is 39.7 Å². The quantitative estimate of drug-likeness (QED) is 0.384. The number of esters is 1. The summed E-state index contributed by atoms with van der Waals surface area (Å²) >= 11 is 5.01. The Morgan fingerprint density at radius 2 is 1.76 bits per heavy atom. The summed E-state index contributed by atoms with van der Waals surface area (Å²) in [5, 5.41) is -1.07. The van der Waals surface area contributed by atoms with E-state index >= 15 is 0 Å². The largest absolute Gasteiger partial charge is 0.459 e. The standard InChI is InChI=1S/C12H21ClO4/c1-8(2)10(6-5-9(3)16-4)7-17-12(15)11(13)14/h8-10H,5-7H2,1-4H3/t9-,10-/m1/s1.